The Morgan fingerprint density at radius 1 is 1.15 bits per heavy atom. The molecule has 1 aliphatic heterocycles. The molecule has 1 aliphatic rings. The van der Waals surface area contributed by atoms with Gasteiger partial charge < -0.3 is 14.4 Å². The van der Waals surface area contributed by atoms with Gasteiger partial charge in [-0.1, -0.05) is 18.2 Å². The van der Waals surface area contributed by atoms with Crippen molar-refractivity contribution >= 4 is 43.6 Å². The fourth-order valence-electron chi connectivity index (χ4n) is 4.45. The summed E-state index contributed by atoms with van der Waals surface area (Å²) in [6.45, 7) is 9.50. The standard InChI is InChI=1S/C28H23F3N4O4S2/c1-18-16-34(24-10-6-20(28(29,30)31)14-23(24)32-2)25-11-9-22(15-26(25)39-18)41(36,37)35(27-33-12-13-40-27)17-19-4-7-21(38-3)8-5-19/h4-15,18H,16-17H2,1,3H3. The second-order valence-corrected chi connectivity index (χ2v) is 11.9. The lowest BCUT2D eigenvalue weighted by Gasteiger charge is -2.36. The second-order valence-electron chi connectivity index (χ2n) is 9.16. The van der Waals surface area contributed by atoms with Crippen LogP contribution in [0.25, 0.3) is 4.85 Å². The third-order valence-electron chi connectivity index (χ3n) is 6.41. The van der Waals surface area contributed by atoms with Crippen LogP contribution in [0.2, 0.25) is 0 Å². The molecule has 0 amide bonds. The number of aromatic nitrogens is 1. The zero-order valence-corrected chi connectivity index (χ0v) is 23.4. The minimum absolute atomic E-state index is 0.0141. The molecule has 0 N–H and O–H groups in total. The van der Waals surface area contributed by atoms with Crippen molar-refractivity contribution in [3.05, 3.63) is 94.8 Å². The highest BCUT2D eigenvalue weighted by atomic mass is 32.2. The molecule has 1 aromatic heterocycles. The zero-order valence-electron chi connectivity index (χ0n) is 21.8. The molecule has 0 spiro atoms. The first-order chi connectivity index (χ1) is 19.5. The molecule has 5 rings (SSSR count). The van der Waals surface area contributed by atoms with E-state index in [2.05, 4.69) is 9.83 Å². The van der Waals surface area contributed by atoms with E-state index in [0.29, 0.717) is 17.0 Å². The lowest BCUT2D eigenvalue weighted by Crippen LogP contribution is -2.36. The average molecular weight is 601 g/mol. The summed E-state index contributed by atoms with van der Waals surface area (Å²) in [5.74, 6) is 0.863. The predicted octanol–water partition coefficient (Wildman–Crippen LogP) is 7.04. The first kappa shape index (κ1) is 28.3. The molecule has 8 nitrogen and oxygen atoms in total. The third kappa shape index (κ3) is 5.66. The molecular weight excluding hydrogens is 577 g/mol. The van der Waals surface area contributed by atoms with Crippen molar-refractivity contribution in [1.82, 2.24) is 4.98 Å². The van der Waals surface area contributed by atoms with Gasteiger partial charge in [0.1, 0.15) is 17.6 Å². The highest BCUT2D eigenvalue weighted by Crippen LogP contribution is 2.45. The lowest BCUT2D eigenvalue weighted by atomic mass is 10.1. The molecule has 3 aromatic carbocycles. The molecule has 1 atom stereocenters. The normalized spacial score (nSPS) is 15.0. The molecule has 0 aliphatic carbocycles. The van der Waals surface area contributed by atoms with E-state index in [1.165, 1.54) is 46.1 Å². The molecule has 13 heteroatoms. The fraction of sp³-hybridized carbons (Fsp3) is 0.214. The van der Waals surface area contributed by atoms with Crippen LogP contribution in [-0.4, -0.2) is 33.2 Å². The van der Waals surface area contributed by atoms with E-state index in [0.717, 1.165) is 12.1 Å². The van der Waals surface area contributed by atoms with Gasteiger partial charge in [0, 0.05) is 28.9 Å². The van der Waals surface area contributed by atoms with Crippen molar-refractivity contribution < 1.29 is 31.1 Å². The van der Waals surface area contributed by atoms with E-state index in [4.69, 9.17) is 16.0 Å². The van der Waals surface area contributed by atoms with E-state index in [1.54, 1.807) is 48.6 Å². The Labute approximate surface area is 239 Å². The number of thiazole rings is 1. The van der Waals surface area contributed by atoms with Crippen LogP contribution in [0.5, 0.6) is 11.5 Å². The van der Waals surface area contributed by atoms with Crippen LogP contribution < -0.4 is 18.7 Å². The number of anilines is 3. The van der Waals surface area contributed by atoms with Gasteiger partial charge in [0.2, 0.25) is 5.69 Å². The summed E-state index contributed by atoms with van der Waals surface area (Å²) in [6, 6.07) is 14.3. The van der Waals surface area contributed by atoms with Gasteiger partial charge in [0.15, 0.2) is 5.13 Å². The lowest BCUT2D eigenvalue weighted by molar-refractivity contribution is -0.137. The van der Waals surface area contributed by atoms with Gasteiger partial charge in [-0.2, -0.15) is 13.2 Å². The molecule has 0 fully saturated rings. The number of hydrogen-bond acceptors (Lipinski definition) is 7. The van der Waals surface area contributed by atoms with Gasteiger partial charge >= 0.3 is 6.18 Å². The van der Waals surface area contributed by atoms with E-state index >= 15 is 0 Å². The Balaban J connectivity index is 1.53. The molecule has 0 radical (unpaired) electrons. The molecule has 0 bridgehead atoms. The van der Waals surface area contributed by atoms with Crippen LogP contribution in [0.4, 0.5) is 35.4 Å². The fourth-order valence-corrected chi connectivity index (χ4v) is 6.74. The summed E-state index contributed by atoms with van der Waals surface area (Å²) in [5.41, 5.74) is 0.319. The average Bonchev–Trinajstić information content (AvgIpc) is 3.49. The van der Waals surface area contributed by atoms with Crippen LogP contribution in [-0.2, 0) is 22.7 Å². The number of alkyl halides is 3. The van der Waals surface area contributed by atoms with Gasteiger partial charge in [-0.25, -0.2) is 22.6 Å². The highest BCUT2D eigenvalue weighted by molar-refractivity contribution is 7.93. The van der Waals surface area contributed by atoms with Gasteiger partial charge in [0.25, 0.3) is 10.0 Å². The highest BCUT2D eigenvalue weighted by Gasteiger charge is 2.34. The topological polar surface area (TPSA) is 76.3 Å². The van der Waals surface area contributed by atoms with E-state index in [9.17, 15) is 21.6 Å². The van der Waals surface area contributed by atoms with E-state index in [-0.39, 0.29) is 40.2 Å². The smallest absolute Gasteiger partial charge is 0.415 e. The van der Waals surface area contributed by atoms with Crippen molar-refractivity contribution in [3.63, 3.8) is 0 Å². The van der Waals surface area contributed by atoms with Crippen LogP contribution in [0.15, 0.2) is 77.1 Å². The van der Waals surface area contributed by atoms with Gasteiger partial charge in [-0.05, 0) is 48.9 Å². The monoisotopic (exact) mass is 600 g/mol. The summed E-state index contributed by atoms with van der Waals surface area (Å²) >= 11 is 1.18. The molecule has 2 heterocycles. The Morgan fingerprint density at radius 3 is 2.51 bits per heavy atom. The van der Waals surface area contributed by atoms with Gasteiger partial charge in [-0.3, -0.25) is 0 Å². The van der Waals surface area contributed by atoms with Crippen molar-refractivity contribution in [2.75, 3.05) is 22.9 Å². The first-order valence-corrected chi connectivity index (χ1v) is 14.6. The van der Waals surface area contributed by atoms with Crippen molar-refractivity contribution in [1.29, 1.82) is 0 Å². The zero-order chi connectivity index (χ0) is 29.4. The maximum atomic E-state index is 14.0. The number of rotatable bonds is 7. The Bertz CT molecular complexity index is 1700. The van der Waals surface area contributed by atoms with Crippen LogP contribution in [0.1, 0.15) is 18.1 Å². The molecule has 4 aromatic rings. The van der Waals surface area contributed by atoms with Crippen molar-refractivity contribution in [2.45, 2.75) is 30.6 Å². The van der Waals surface area contributed by atoms with E-state index < -0.39 is 27.9 Å². The van der Waals surface area contributed by atoms with Crippen molar-refractivity contribution in [2.24, 2.45) is 0 Å². The number of halogens is 3. The quantitative estimate of drug-likeness (QED) is 0.212. The van der Waals surface area contributed by atoms with Crippen molar-refractivity contribution in [3.8, 4) is 11.5 Å². The summed E-state index contributed by atoms with van der Waals surface area (Å²) < 4.78 is 80.1. The molecular formula is C28H23F3N4O4S2. The molecule has 41 heavy (non-hydrogen) atoms. The van der Waals surface area contributed by atoms with E-state index in [1.807, 2.05) is 0 Å². The minimum Gasteiger partial charge on any atom is -0.497 e. The number of sulfonamides is 1. The number of ether oxygens (including phenoxy) is 2. The number of nitrogens with zero attached hydrogens (tertiary/aromatic N) is 4. The summed E-state index contributed by atoms with van der Waals surface area (Å²) in [6.07, 6.45) is -3.52. The largest absolute Gasteiger partial charge is 0.497 e. The van der Waals surface area contributed by atoms with Gasteiger partial charge in [0.05, 0.1) is 37.4 Å². The Hall–Kier alpha value is -4.28. The van der Waals surface area contributed by atoms with Crippen LogP contribution >= 0.6 is 11.3 Å². The van der Waals surface area contributed by atoms with Crippen LogP contribution in [0.3, 0.4) is 0 Å². The second kappa shape index (κ2) is 10.9. The first-order valence-electron chi connectivity index (χ1n) is 12.2. The maximum Gasteiger partial charge on any atom is 0.415 e. The Kier molecular flexibility index (Phi) is 7.54. The number of benzene rings is 3. The maximum absolute atomic E-state index is 14.0. The molecule has 212 valence electrons. The van der Waals surface area contributed by atoms with Gasteiger partial charge in [-0.15, -0.1) is 11.3 Å². The SMILES string of the molecule is [C-]#[N+]c1cc(C(F)(F)F)ccc1N1CC(C)Oc2cc(S(=O)(=O)N(Cc3ccc(OC)cc3)c3nccs3)ccc21. The number of hydrogen-bond donors (Lipinski definition) is 0. The summed E-state index contributed by atoms with van der Waals surface area (Å²) in [4.78, 5) is 9.17. The van der Waals surface area contributed by atoms with Crippen LogP contribution in [0, 0.1) is 6.57 Å². The Morgan fingerprint density at radius 2 is 1.88 bits per heavy atom. The summed E-state index contributed by atoms with van der Waals surface area (Å²) in [7, 11) is -2.58. The number of fused-ring (bicyclic) bond motifs is 1. The number of methoxy groups -OCH3 is 1. The predicted molar refractivity (Wildman–Crippen MR) is 150 cm³/mol. The molecule has 0 saturated heterocycles. The third-order valence-corrected chi connectivity index (χ3v) is 9.05. The molecule has 1 unspecified atom stereocenters. The summed E-state index contributed by atoms with van der Waals surface area (Å²) in [5, 5.41) is 1.96. The molecule has 0 saturated carbocycles. The minimum atomic E-state index is -4.59.